The number of aliphatic hydroxyl groups is 7. The zero-order chi connectivity index (χ0) is 25.1. The molecular formula is C23H44O11. The van der Waals surface area contributed by atoms with E-state index in [1.165, 1.54) is 38.5 Å². The number of unbranched alkanes of at least 4 members (excludes halogenated alkanes) is 8. The molecule has 0 aromatic carbocycles. The van der Waals surface area contributed by atoms with Crippen LogP contribution in [-0.2, 0) is 18.9 Å². The van der Waals surface area contributed by atoms with Crippen LogP contribution < -0.4 is 0 Å². The molecule has 0 spiro atoms. The van der Waals surface area contributed by atoms with Crippen LogP contribution >= 0.6 is 0 Å². The maximum absolute atomic E-state index is 10.6. The zero-order valence-electron chi connectivity index (χ0n) is 20.0. The van der Waals surface area contributed by atoms with Crippen LogP contribution in [0.3, 0.4) is 0 Å². The smallest absolute Gasteiger partial charge is 0.187 e. The van der Waals surface area contributed by atoms with Crippen molar-refractivity contribution in [3.63, 3.8) is 0 Å². The molecule has 0 aromatic rings. The van der Waals surface area contributed by atoms with Gasteiger partial charge in [-0.15, -0.1) is 0 Å². The highest BCUT2D eigenvalue weighted by Crippen LogP contribution is 2.29. The summed E-state index contributed by atoms with van der Waals surface area (Å²) in [5.41, 5.74) is 0. The number of hydrogen-bond acceptors (Lipinski definition) is 11. The molecule has 11 heteroatoms. The summed E-state index contributed by atoms with van der Waals surface area (Å²) < 4.78 is 22.0. The standard InChI is InChI=1S/C23H44O11/c1-2-3-4-5-6-7-8-9-10-11-31-22-20(30)18(28)21(15(13-25)33-22)34-23-19(29)17(27)16(26)14(12-24)32-23/h14-30H,2-13H2,1H3/t14?,15?,16-,17?,18?,19+,20+,21-,22-,23-/m1/s1. The number of rotatable bonds is 15. The summed E-state index contributed by atoms with van der Waals surface area (Å²) in [5.74, 6) is 0. The van der Waals surface area contributed by atoms with Gasteiger partial charge in [-0.25, -0.2) is 0 Å². The molecule has 0 amide bonds. The van der Waals surface area contributed by atoms with E-state index in [9.17, 15) is 35.7 Å². The van der Waals surface area contributed by atoms with E-state index in [0.717, 1.165) is 19.3 Å². The Morgan fingerprint density at radius 1 is 0.588 bits per heavy atom. The molecule has 0 aliphatic carbocycles. The van der Waals surface area contributed by atoms with Crippen LogP contribution in [-0.4, -0.2) is 117 Å². The molecule has 2 heterocycles. The second-order valence-electron chi connectivity index (χ2n) is 9.20. The van der Waals surface area contributed by atoms with Gasteiger partial charge < -0.3 is 54.7 Å². The Labute approximate surface area is 201 Å². The summed E-state index contributed by atoms with van der Waals surface area (Å²) in [6.07, 6.45) is -3.99. The molecule has 4 unspecified atom stereocenters. The molecule has 0 saturated carbocycles. The van der Waals surface area contributed by atoms with Gasteiger partial charge in [0.15, 0.2) is 12.6 Å². The van der Waals surface area contributed by atoms with Crippen molar-refractivity contribution >= 4 is 0 Å². The Kier molecular flexibility index (Phi) is 13.7. The Morgan fingerprint density at radius 3 is 1.71 bits per heavy atom. The van der Waals surface area contributed by atoms with Crippen molar-refractivity contribution in [1.29, 1.82) is 0 Å². The van der Waals surface area contributed by atoms with Crippen LogP contribution in [0, 0.1) is 0 Å². The molecule has 2 rings (SSSR count). The van der Waals surface area contributed by atoms with Gasteiger partial charge in [0, 0.05) is 6.61 Å². The van der Waals surface area contributed by atoms with Crippen LogP contribution in [0.15, 0.2) is 0 Å². The summed E-state index contributed by atoms with van der Waals surface area (Å²) in [7, 11) is 0. The Bertz CT molecular complexity index is 535. The fourth-order valence-corrected chi connectivity index (χ4v) is 4.31. The Hall–Kier alpha value is -0.440. The molecule has 0 radical (unpaired) electrons. The monoisotopic (exact) mass is 496 g/mol. The minimum Gasteiger partial charge on any atom is -0.394 e. The molecule has 2 aliphatic heterocycles. The predicted molar refractivity (Wildman–Crippen MR) is 120 cm³/mol. The second-order valence-corrected chi connectivity index (χ2v) is 9.20. The van der Waals surface area contributed by atoms with E-state index in [0.29, 0.717) is 6.61 Å². The summed E-state index contributed by atoms with van der Waals surface area (Å²) in [6.45, 7) is 1.29. The molecule has 0 bridgehead atoms. The average Bonchev–Trinajstić information content (AvgIpc) is 2.84. The van der Waals surface area contributed by atoms with Crippen LogP contribution in [0.4, 0.5) is 0 Å². The number of aliphatic hydroxyl groups excluding tert-OH is 7. The second kappa shape index (κ2) is 15.6. The van der Waals surface area contributed by atoms with E-state index in [1.807, 2.05) is 0 Å². The SMILES string of the molecule is CCCCCCCCCCCO[C@@H]1OC(CO)[C@@H](O[C@H]2OC(CO)[C@@H](O)C(O)[C@@H]2O)C(O)[C@@H]1O. The highest BCUT2D eigenvalue weighted by atomic mass is 16.7. The zero-order valence-corrected chi connectivity index (χ0v) is 20.0. The van der Waals surface area contributed by atoms with E-state index in [2.05, 4.69) is 6.92 Å². The first-order valence-corrected chi connectivity index (χ1v) is 12.6. The topological polar surface area (TPSA) is 179 Å². The van der Waals surface area contributed by atoms with Gasteiger partial charge in [0.2, 0.25) is 0 Å². The summed E-state index contributed by atoms with van der Waals surface area (Å²) in [5, 5.41) is 70.0. The number of ether oxygens (including phenoxy) is 4. The van der Waals surface area contributed by atoms with Gasteiger partial charge in [-0.1, -0.05) is 58.3 Å². The first-order chi connectivity index (χ1) is 16.3. The lowest BCUT2D eigenvalue weighted by molar-refractivity contribution is -0.359. The third-order valence-corrected chi connectivity index (χ3v) is 6.49. The van der Waals surface area contributed by atoms with Gasteiger partial charge in [-0.2, -0.15) is 0 Å². The lowest BCUT2D eigenvalue weighted by Crippen LogP contribution is -2.64. The molecule has 2 fully saturated rings. The minimum atomic E-state index is -1.69. The van der Waals surface area contributed by atoms with Crippen molar-refractivity contribution in [2.45, 2.75) is 126 Å². The molecular weight excluding hydrogens is 452 g/mol. The van der Waals surface area contributed by atoms with Gasteiger partial charge >= 0.3 is 0 Å². The largest absolute Gasteiger partial charge is 0.394 e. The fourth-order valence-electron chi connectivity index (χ4n) is 4.31. The molecule has 2 saturated heterocycles. The van der Waals surface area contributed by atoms with Crippen LogP contribution in [0.5, 0.6) is 0 Å². The summed E-state index contributed by atoms with van der Waals surface area (Å²) >= 11 is 0. The first-order valence-electron chi connectivity index (χ1n) is 12.6. The first kappa shape index (κ1) is 29.8. The lowest BCUT2D eigenvalue weighted by atomic mass is 9.97. The molecule has 0 aromatic heterocycles. The molecule has 10 atom stereocenters. The van der Waals surface area contributed by atoms with Gasteiger partial charge in [0.05, 0.1) is 13.2 Å². The van der Waals surface area contributed by atoms with Gasteiger partial charge in [-0.05, 0) is 6.42 Å². The fraction of sp³-hybridized carbons (Fsp3) is 1.00. The third-order valence-electron chi connectivity index (χ3n) is 6.49. The molecule has 34 heavy (non-hydrogen) atoms. The maximum Gasteiger partial charge on any atom is 0.187 e. The van der Waals surface area contributed by atoms with Crippen LogP contribution in [0.25, 0.3) is 0 Å². The van der Waals surface area contributed by atoms with E-state index in [-0.39, 0.29) is 0 Å². The van der Waals surface area contributed by atoms with Crippen molar-refractivity contribution < 1.29 is 54.7 Å². The van der Waals surface area contributed by atoms with E-state index in [4.69, 9.17) is 18.9 Å². The normalized spacial score (nSPS) is 38.8. The average molecular weight is 497 g/mol. The third kappa shape index (κ3) is 8.31. The minimum absolute atomic E-state index is 0.320. The highest BCUT2D eigenvalue weighted by molar-refractivity contribution is 4.94. The van der Waals surface area contributed by atoms with E-state index >= 15 is 0 Å². The van der Waals surface area contributed by atoms with E-state index in [1.54, 1.807) is 0 Å². The predicted octanol–water partition coefficient (Wildman–Crippen LogP) is -0.842. The van der Waals surface area contributed by atoms with Crippen molar-refractivity contribution in [1.82, 2.24) is 0 Å². The Balaban J connectivity index is 1.78. The van der Waals surface area contributed by atoms with Gasteiger partial charge in [0.1, 0.15) is 48.8 Å². The summed E-state index contributed by atoms with van der Waals surface area (Å²) in [6, 6.07) is 0. The lowest BCUT2D eigenvalue weighted by Gasteiger charge is -2.45. The number of hydrogen-bond donors (Lipinski definition) is 7. The van der Waals surface area contributed by atoms with Gasteiger partial charge in [-0.3, -0.25) is 0 Å². The maximum atomic E-state index is 10.6. The van der Waals surface area contributed by atoms with Crippen molar-refractivity contribution in [2.75, 3.05) is 19.8 Å². The van der Waals surface area contributed by atoms with Crippen molar-refractivity contribution in [2.24, 2.45) is 0 Å². The van der Waals surface area contributed by atoms with Crippen LogP contribution in [0.2, 0.25) is 0 Å². The summed E-state index contributed by atoms with van der Waals surface area (Å²) in [4.78, 5) is 0. The van der Waals surface area contributed by atoms with Crippen molar-refractivity contribution in [3.8, 4) is 0 Å². The van der Waals surface area contributed by atoms with Gasteiger partial charge in [0.25, 0.3) is 0 Å². The molecule has 11 nitrogen and oxygen atoms in total. The molecule has 7 N–H and O–H groups in total. The van der Waals surface area contributed by atoms with Crippen LogP contribution in [0.1, 0.15) is 64.7 Å². The molecule has 2 aliphatic rings. The quantitative estimate of drug-likeness (QED) is 0.141. The van der Waals surface area contributed by atoms with E-state index < -0.39 is 74.6 Å². The molecule has 202 valence electrons. The highest BCUT2D eigenvalue weighted by Gasteiger charge is 2.50. The Morgan fingerprint density at radius 2 is 1.12 bits per heavy atom. The van der Waals surface area contributed by atoms with Crippen molar-refractivity contribution in [3.05, 3.63) is 0 Å².